The molecule has 34 heavy (non-hydrogen) atoms. The molecule has 1 fully saturated rings. The lowest BCUT2D eigenvalue weighted by Crippen LogP contribution is -2.59. The number of hydrogen-bond donors (Lipinski definition) is 4. The van der Waals surface area contributed by atoms with Gasteiger partial charge in [-0.15, -0.1) is 0 Å². The van der Waals surface area contributed by atoms with Gasteiger partial charge in [0.1, 0.15) is 6.04 Å². The highest BCUT2D eigenvalue weighted by Crippen LogP contribution is 2.17. The highest BCUT2D eigenvalue weighted by molar-refractivity contribution is 5.87. The summed E-state index contributed by atoms with van der Waals surface area (Å²) in [7, 11) is 0. The maximum Gasteiger partial charge on any atom is 0.318 e. The van der Waals surface area contributed by atoms with E-state index in [0.717, 1.165) is 17.5 Å². The van der Waals surface area contributed by atoms with E-state index in [1.165, 1.54) is 0 Å². The van der Waals surface area contributed by atoms with Gasteiger partial charge in [0, 0.05) is 25.2 Å². The molecule has 5 N–H and O–H groups in total. The van der Waals surface area contributed by atoms with Crippen LogP contribution in [0.5, 0.6) is 0 Å². The average Bonchev–Trinajstić information content (AvgIpc) is 2.81. The Morgan fingerprint density at radius 1 is 1.06 bits per heavy atom. The molecular formula is C27H38N4O3. The summed E-state index contributed by atoms with van der Waals surface area (Å²) in [4.78, 5) is 27.5. The van der Waals surface area contributed by atoms with Gasteiger partial charge in [-0.25, -0.2) is 4.79 Å². The third kappa shape index (κ3) is 7.30. The van der Waals surface area contributed by atoms with Crippen molar-refractivity contribution >= 4 is 11.9 Å². The predicted molar refractivity (Wildman–Crippen MR) is 134 cm³/mol. The Balaban J connectivity index is 1.72. The SMILES string of the molecule is CC(C)[C@H](C(=O)N[C@H](Cc1ccccc1)C[C@H](O)[C@H](N)Cc1ccccc1)N1CCCNC1=O. The van der Waals surface area contributed by atoms with Crippen LogP contribution in [0.4, 0.5) is 4.79 Å². The predicted octanol–water partition coefficient (Wildman–Crippen LogP) is 2.47. The van der Waals surface area contributed by atoms with Crippen molar-refractivity contribution in [1.82, 2.24) is 15.5 Å². The van der Waals surface area contributed by atoms with E-state index in [1.807, 2.05) is 74.5 Å². The zero-order valence-corrected chi connectivity index (χ0v) is 20.2. The fraction of sp³-hybridized carbons (Fsp3) is 0.481. The van der Waals surface area contributed by atoms with E-state index < -0.39 is 18.2 Å². The number of nitrogens with two attached hydrogens (primary N) is 1. The molecule has 2 aromatic rings. The minimum atomic E-state index is -0.787. The van der Waals surface area contributed by atoms with Crippen LogP contribution >= 0.6 is 0 Å². The molecule has 4 atom stereocenters. The Bertz CT molecular complexity index is 907. The van der Waals surface area contributed by atoms with Crippen molar-refractivity contribution in [2.45, 2.75) is 63.8 Å². The monoisotopic (exact) mass is 466 g/mol. The summed E-state index contributed by atoms with van der Waals surface area (Å²) < 4.78 is 0. The number of benzene rings is 2. The van der Waals surface area contributed by atoms with Crippen LogP contribution < -0.4 is 16.4 Å². The molecule has 0 aliphatic carbocycles. The molecule has 1 saturated heterocycles. The number of hydrogen-bond acceptors (Lipinski definition) is 4. The van der Waals surface area contributed by atoms with Gasteiger partial charge in [-0.1, -0.05) is 74.5 Å². The molecule has 0 bridgehead atoms. The fourth-order valence-corrected chi connectivity index (χ4v) is 4.58. The van der Waals surface area contributed by atoms with Crippen molar-refractivity contribution in [2.75, 3.05) is 13.1 Å². The molecule has 1 heterocycles. The number of urea groups is 1. The number of rotatable bonds is 11. The second-order valence-electron chi connectivity index (χ2n) is 9.52. The second kappa shape index (κ2) is 12.5. The van der Waals surface area contributed by atoms with E-state index in [-0.39, 0.29) is 23.9 Å². The summed E-state index contributed by atoms with van der Waals surface area (Å²) in [5.74, 6) is -0.247. The lowest BCUT2D eigenvalue weighted by atomic mass is 9.93. The van der Waals surface area contributed by atoms with Gasteiger partial charge >= 0.3 is 6.03 Å². The maximum atomic E-state index is 13.4. The first kappa shape index (κ1) is 25.7. The lowest BCUT2D eigenvalue weighted by molar-refractivity contribution is -0.128. The largest absolute Gasteiger partial charge is 0.391 e. The van der Waals surface area contributed by atoms with E-state index in [2.05, 4.69) is 10.6 Å². The van der Waals surface area contributed by atoms with Gasteiger partial charge in [0.05, 0.1) is 6.10 Å². The van der Waals surface area contributed by atoms with Crippen molar-refractivity contribution in [3.05, 3.63) is 71.8 Å². The van der Waals surface area contributed by atoms with Crippen molar-refractivity contribution in [3.8, 4) is 0 Å². The van der Waals surface area contributed by atoms with Gasteiger partial charge in [-0.3, -0.25) is 4.79 Å². The molecule has 184 valence electrons. The van der Waals surface area contributed by atoms with Crippen molar-refractivity contribution in [2.24, 2.45) is 11.7 Å². The molecule has 1 aliphatic rings. The normalized spacial score (nSPS) is 17.6. The molecule has 7 nitrogen and oxygen atoms in total. The van der Waals surface area contributed by atoms with Gasteiger partial charge in [0.2, 0.25) is 5.91 Å². The Hall–Kier alpha value is -2.90. The van der Waals surface area contributed by atoms with Crippen molar-refractivity contribution in [3.63, 3.8) is 0 Å². The van der Waals surface area contributed by atoms with Crippen LogP contribution in [0.1, 0.15) is 37.8 Å². The highest BCUT2D eigenvalue weighted by atomic mass is 16.3. The van der Waals surface area contributed by atoms with Gasteiger partial charge in [-0.2, -0.15) is 0 Å². The number of carbonyl (C=O) groups excluding carboxylic acids is 2. The summed E-state index contributed by atoms with van der Waals surface area (Å²) in [6, 6.07) is 18.2. The van der Waals surface area contributed by atoms with E-state index in [9.17, 15) is 14.7 Å². The number of amides is 3. The number of aliphatic hydroxyl groups excluding tert-OH is 1. The molecule has 3 amide bonds. The Labute approximate surface area is 202 Å². The van der Waals surface area contributed by atoms with Crippen LogP contribution in [0.2, 0.25) is 0 Å². The molecule has 2 aromatic carbocycles. The Kier molecular flexibility index (Phi) is 9.48. The van der Waals surface area contributed by atoms with Crippen LogP contribution in [-0.4, -0.2) is 59.3 Å². The topological polar surface area (TPSA) is 108 Å². The van der Waals surface area contributed by atoms with Crippen LogP contribution in [0, 0.1) is 5.92 Å². The van der Waals surface area contributed by atoms with Crippen LogP contribution in [0.15, 0.2) is 60.7 Å². The smallest absolute Gasteiger partial charge is 0.318 e. The zero-order valence-electron chi connectivity index (χ0n) is 20.2. The summed E-state index contributed by atoms with van der Waals surface area (Å²) in [6.07, 6.45) is 1.47. The fourth-order valence-electron chi connectivity index (χ4n) is 4.58. The van der Waals surface area contributed by atoms with Crippen molar-refractivity contribution < 1.29 is 14.7 Å². The summed E-state index contributed by atoms with van der Waals surface area (Å²) in [6.45, 7) is 5.08. The number of nitrogens with zero attached hydrogens (tertiary/aromatic N) is 1. The van der Waals surface area contributed by atoms with Gasteiger partial charge in [0.25, 0.3) is 0 Å². The lowest BCUT2D eigenvalue weighted by Gasteiger charge is -2.37. The third-order valence-corrected chi connectivity index (χ3v) is 6.35. The summed E-state index contributed by atoms with van der Waals surface area (Å²) in [5.41, 5.74) is 8.47. The van der Waals surface area contributed by atoms with Gasteiger partial charge < -0.3 is 26.4 Å². The van der Waals surface area contributed by atoms with Gasteiger partial charge in [0.15, 0.2) is 0 Å². The number of carbonyl (C=O) groups is 2. The minimum absolute atomic E-state index is 0.0495. The zero-order chi connectivity index (χ0) is 24.5. The van der Waals surface area contributed by atoms with E-state index in [4.69, 9.17) is 5.73 Å². The van der Waals surface area contributed by atoms with E-state index in [0.29, 0.717) is 32.4 Å². The molecule has 0 spiro atoms. The third-order valence-electron chi connectivity index (χ3n) is 6.35. The summed E-state index contributed by atoms with van der Waals surface area (Å²) in [5, 5.41) is 16.9. The Morgan fingerprint density at radius 2 is 1.65 bits per heavy atom. The molecule has 0 unspecified atom stereocenters. The van der Waals surface area contributed by atoms with E-state index in [1.54, 1.807) is 4.90 Å². The molecule has 1 aliphatic heterocycles. The van der Waals surface area contributed by atoms with E-state index >= 15 is 0 Å². The minimum Gasteiger partial charge on any atom is -0.391 e. The maximum absolute atomic E-state index is 13.4. The summed E-state index contributed by atoms with van der Waals surface area (Å²) >= 11 is 0. The first-order valence-electron chi connectivity index (χ1n) is 12.2. The molecular weight excluding hydrogens is 428 g/mol. The Morgan fingerprint density at radius 3 is 2.21 bits per heavy atom. The molecule has 0 aromatic heterocycles. The van der Waals surface area contributed by atoms with Crippen LogP contribution in [0.3, 0.4) is 0 Å². The van der Waals surface area contributed by atoms with Crippen molar-refractivity contribution in [1.29, 1.82) is 0 Å². The quantitative estimate of drug-likeness (QED) is 0.408. The first-order valence-corrected chi connectivity index (χ1v) is 12.2. The standard InChI is InChI=1S/C27H38N4O3/c1-19(2)25(31-15-9-14-29-27(31)34)26(33)30-22(16-20-10-5-3-6-11-20)18-24(32)23(28)17-21-12-7-4-8-13-21/h3-8,10-13,19,22-25,32H,9,14-18,28H2,1-2H3,(H,29,34)(H,30,33)/t22-,23-,24+,25-/m1/s1. The molecule has 0 radical (unpaired) electrons. The highest BCUT2D eigenvalue weighted by Gasteiger charge is 2.35. The first-order chi connectivity index (χ1) is 16.3. The number of nitrogens with one attached hydrogen (secondary N) is 2. The number of aliphatic hydroxyl groups is 1. The molecule has 3 rings (SSSR count). The van der Waals surface area contributed by atoms with Crippen LogP contribution in [0.25, 0.3) is 0 Å². The molecule has 0 saturated carbocycles. The molecule has 7 heteroatoms. The van der Waals surface area contributed by atoms with Crippen LogP contribution in [-0.2, 0) is 17.6 Å². The second-order valence-corrected chi connectivity index (χ2v) is 9.52. The average molecular weight is 467 g/mol. The van der Waals surface area contributed by atoms with Gasteiger partial charge in [-0.05, 0) is 42.7 Å².